The molecule has 0 N–H and O–H groups in total. The van der Waals surface area contributed by atoms with Crippen molar-refractivity contribution >= 4 is 0 Å². The van der Waals surface area contributed by atoms with Crippen molar-refractivity contribution in [1.29, 1.82) is 0 Å². The third kappa shape index (κ3) is 2.45. The maximum Gasteiger partial charge on any atom is 0.127 e. The second-order valence-electron chi connectivity index (χ2n) is 6.59. The molecule has 1 aromatic carbocycles. The fraction of sp³-hybridized carbons (Fsp3) is 0.600. The molecule has 1 heteroatoms. The van der Waals surface area contributed by atoms with Crippen molar-refractivity contribution in [3.8, 4) is 0 Å². The summed E-state index contributed by atoms with van der Waals surface area (Å²) in [5, 5.41) is 0. The van der Waals surface area contributed by atoms with Crippen LogP contribution in [0, 0.1) is 12.7 Å². The van der Waals surface area contributed by atoms with Crippen LogP contribution in [-0.4, -0.2) is 0 Å². The standard InChI is InChI=1S/C15H23F/c1-10-11(14(2,3)4)8-9-12(16)13(10)15(5,6)7/h8-9H,1-7H3. The fourth-order valence-corrected chi connectivity index (χ4v) is 2.41. The molecule has 0 aliphatic rings. The summed E-state index contributed by atoms with van der Waals surface area (Å²) in [4.78, 5) is 0. The smallest absolute Gasteiger partial charge is 0.127 e. The molecule has 0 spiro atoms. The lowest BCUT2D eigenvalue weighted by atomic mass is 9.76. The maximum absolute atomic E-state index is 13.9. The molecule has 0 radical (unpaired) electrons. The Balaban J connectivity index is 3.52. The van der Waals surface area contributed by atoms with Crippen molar-refractivity contribution < 1.29 is 4.39 Å². The quantitative estimate of drug-likeness (QED) is 0.595. The molecule has 0 heterocycles. The van der Waals surface area contributed by atoms with E-state index in [1.54, 1.807) is 6.07 Å². The van der Waals surface area contributed by atoms with E-state index in [2.05, 4.69) is 41.5 Å². The summed E-state index contributed by atoms with van der Waals surface area (Å²) in [6, 6.07) is 3.52. The average Bonchev–Trinajstić information content (AvgIpc) is 1.97. The minimum atomic E-state index is -0.143. The third-order valence-corrected chi connectivity index (χ3v) is 2.97. The number of hydrogen-bond acceptors (Lipinski definition) is 0. The van der Waals surface area contributed by atoms with Crippen LogP contribution in [0.1, 0.15) is 58.2 Å². The monoisotopic (exact) mass is 222 g/mol. The van der Waals surface area contributed by atoms with Gasteiger partial charge in [0.05, 0.1) is 0 Å². The molecule has 0 aliphatic carbocycles. The number of hydrogen-bond donors (Lipinski definition) is 0. The Morgan fingerprint density at radius 3 is 1.75 bits per heavy atom. The lowest BCUT2D eigenvalue weighted by Gasteiger charge is -2.28. The Labute approximate surface area is 98.9 Å². The Morgan fingerprint density at radius 1 is 0.875 bits per heavy atom. The maximum atomic E-state index is 13.9. The highest BCUT2D eigenvalue weighted by Crippen LogP contribution is 2.34. The van der Waals surface area contributed by atoms with Crippen LogP contribution < -0.4 is 0 Å². The van der Waals surface area contributed by atoms with Gasteiger partial charge in [0.25, 0.3) is 0 Å². The van der Waals surface area contributed by atoms with Crippen LogP contribution in [0.5, 0.6) is 0 Å². The van der Waals surface area contributed by atoms with Gasteiger partial charge in [0.15, 0.2) is 0 Å². The van der Waals surface area contributed by atoms with Gasteiger partial charge in [-0.2, -0.15) is 0 Å². The molecule has 0 aliphatic heterocycles. The summed E-state index contributed by atoms with van der Waals surface area (Å²) in [5.41, 5.74) is 3.10. The predicted molar refractivity (Wildman–Crippen MR) is 68.5 cm³/mol. The van der Waals surface area contributed by atoms with Crippen molar-refractivity contribution in [3.63, 3.8) is 0 Å². The minimum Gasteiger partial charge on any atom is -0.207 e. The van der Waals surface area contributed by atoms with Gasteiger partial charge < -0.3 is 0 Å². The molecule has 0 bridgehead atoms. The molecule has 1 rings (SSSR count). The Morgan fingerprint density at radius 2 is 1.38 bits per heavy atom. The predicted octanol–water partition coefficient (Wildman–Crippen LogP) is 4.73. The summed E-state index contributed by atoms with van der Waals surface area (Å²) >= 11 is 0. The van der Waals surface area contributed by atoms with Crippen LogP contribution >= 0.6 is 0 Å². The summed E-state index contributed by atoms with van der Waals surface area (Å²) in [7, 11) is 0. The van der Waals surface area contributed by atoms with E-state index in [9.17, 15) is 4.39 Å². The van der Waals surface area contributed by atoms with Gasteiger partial charge in [-0.25, -0.2) is 4.39 Å². The van der Waals surface area contributed by atoms with E-state index in [1.807, 2.05) is 13.0 Å². The van der Waals surface area contributed by atoms with Crippen LogP contribution in [-0.2, 0) is 10.8 Å². The van der Waals surface area contributed by atoms with Gasteiger partial charge in [-0.05, 0) is 40.5 Å². The molecule has 90 valence electrons. The summed E-state index contributed by atoms with van der Waals surface area (Å²) in [5.74, 6) is -0.0852. The zero-order valence-corrected chi connectivity index (χ0v) is 11.5. The van der Waals surface area contributed by atoms with E-state index in [0.29, 0.717) is 0 Å². The van der Waals surface area contributed by atoms with E-state index in [-0.39, 0.29) is 16.6 Å². The highest BCUT2D eigenvalue weighted by molar-refractivity contribution is 5.42. The third-order valence-electron chi connectivity index (χ3n) is 2.97. The molecule has 0 saturated carbocycles. The lowest BCUT2D eigenvalue weighted by molar-refractivity contribution is 0.509. The molecule has 0 atom stereocenters. The van der Waals surface area contributed by atoms with E-state index >= 15 is 0 Å². The molecule has 0 aromatic heterocycles. The molecule has 0 unspecified atom stereocenters. The van der Waals surface area contributed by atoms with E-state index in [0.717, 1.165) is 11.1 Å². The highest BCUT2D eigenvalue weighted by Gasteiger charge is 2.25. The van der Waals surface area contributed by atoms with Crippen molar-refractivity contribution in [1.82, 2.24) is 0 Å². The zero-order chi connectivity index (χ0) is 12.7. The van der Waals surface area contributed by atoms with Crippen LogP contribution in [0.3, 0.4) is 0 Å². The normalized spacial score (nSPS) is 13.0. The molecule has 0 fully saturated rings. The molecule has 0 amide bonds. The Bertz CT molecular complexity index is 389. The molecule has 0 nitrogen and oxygen atoms in total. The van der Waals surface area contributed by atoms with Gasteiger partial charge in [0.2, 0.25) is 0 Å². The first kappa shape index (κ1) is 13.2. The van der Waals surface area contributed by atoms with Gasteiger partial charge in [-0.15, -0.1) is 0 Å². The molecule has 0 saturated heterocycles. The van der Waals surface area contributed by atoms with Crippen LogP contribution in [0.2, 0.25) is 0 Å². The van der Waals surface area contributed by atoms with E-state index in [4.69, 9.17) is 0 Å². The summed E-state index contributed by atoms with van der Waals surface area (Å²) in [6.45, 7) is 14.7. The van der Waals surface area contributed by atoms with Gasteiger partial charge in [0.1, 0.15) is 5.82 Å². The first-order valence-corrected chi connectivity index (χ1v) is 5.85. The minimum absolute atomic E-state index is 0.0672. The van der Waals surface area contributed by atoms with Crippen LogP contribution in [0.4, 0.5) is 4.39 Å². The Kier molecular flexibility index (Phi) is 3.20. The number of benzene rings is 1. The summed E-state index contributed by atoms with van der Waals surface area (Å²) in [6.07, 6.45) is 0. The topological polar surface area (TPSA) is 0 Å². The first-order valence-electron chi connectivity index (χ1n) is 5.85. The summed E-state index contributed by atoms with van der Waals surface area (Å²) < 4.78 is 13.9. The lowest BCUT2D eigenvalue weighted by Crippen LogP contribution is -2.21. The van der Waals surface area contributed by atoms with Gasteiger partial charge in [-0.1, -0.05) is 47.6 Å². The highest BCUT2D eigenvalue weighted by atomic mass is 19.1. The van der Waals surface area contributed by atoms with Gasteiger partial charge in [-0.3, -0.25) is 0 Å². The van der Waals surface area contributed by atoms with Crippen LogP contribution in [0.15, 0.2) is 12.1 Å². The van der Waals surface area contributed by atoms with Crippen molar-refractivity contribution in [2.45, 2.75) is 59.3 Å². The van der Waals surface area contributed by atoms with Gasteiger partial charge in [0, 0.05) is 0 Å². The number of halogens is 1. The fourth-order valence-electron chi connectivity index (χ4n) is 2.41. The van der Waals surface area contributed by atoms with Crippen molar-refractivity contribution in [2.75, 3.05) is 0 Å². The van der Waals surface area contributed by atoms with E-state index < -0.39 is 0 Å². The zero-order valence-electron chi connectivity index (χ0n) is 11.5. The first-order chi connectivity index (χ1) is 7.05. The van der Waals surface area contributed by atoms with Crippen molar-refractivity contribution in [2.24, 2.45) is 0 Å². The molecular formula is C15H23F. The second-order valence-corrected chi connectivity index (χ2v) is 6.59. The largest absolute Gasteiger partial charge is 0.207 e. The van der Waals surface area contributed by atoms with Crippen molar-refractivity contribution in [3.05, 3.63) is 34.6 Å². The molecule has 1 aromatic rings. The number of rotatable bonds is 0. The second kappa shape index (κ2) is 3.87. The average molecular weight is 222 g/mol. The molecule has 16 heavy (non-hydrogen) atoms. The van der Waals surface area contributed by atoms with E-state index in [1.165, 1.54) is 5.56 Å². The van der Waals surface area contributed by atoms with Gasteiger partial charge >= 0.3 is 0 Å². The SMILES string of the molecule is Cc1c(C(C)(C)C)ccc(F)c1C(C)(C)C. The Hall–Kier alpha value is -0.850. The molecular weight excluding hydrogens is 199 g/mol. The van der Waals surface area contributed by atoms with Crippen LogP contribution in [0.25, 0.3) is 0 Å².